The van der Waals surface area contributed by atoms with Gasteiger partial charge in [-0.05, 0) is 31.9 Å². The Hall–Kier alpha value is -1.89. The lowest BCUT2D eigenvalue weighted by Crippen LogP contribution is -2.16. The predicted molar refractivity (Wildman–Crippen MR) is 92.3 cm³/mol. The first-order valence-corrected chi connectivity index (χ1v) is 8.68. The zero-order chi connectivity index (χ0) is 17.9. The summed E-state index contributed by atoms with van der Waals surface area (Å²) in [6, 6.07) is 3.06. The molecule has 1 aromatic carbocycles. The molecule has 0 bridgehead atoms. The van der Waals surface area contributed by atoms with Gasteiger partial charge >= 0.3 is 0 Å². The van der Waals surface area contributed by atoms with Crippen molar-refractivity contribution in [3.63, 3.8) is 0 Å². The lowest BCUT2D eigenvalue weighted by Gasteiger charge is -2.12. The quantitative estimate of drug-likeness (QED) is 0.793. The third-order valence-electron chi connectivity index (χ3n) is 3.51. The number of thioether (sulfide) groups is 1. The van der Waals surface area contributed by atoms with E-state index in [-0.39, 0.29) is 17.3 Å². The Morgan fingerprint density at radius 3 is 2.67 bits per heavy atom. The van der Waals surface area contributed by atoms with Crippen molar-refractivity contribution < 1.29 is 13.6 Å². The lowest BCUT2D eigenvalue weighted by atomic mass is 10.2. The number of nitrogens with zero attached hydrogens (tertiary/aromatic N) is 2. The first-order chi connectivity index (χ1) is 11.3. The zero-order valence-electron chi connectivity index (χ0n) is 14.2. The second-order valence-corrected chi connectivity index (χ2v) is 6.97. The molecule has 0 radical (unpaired) electrons. The van der Waals surface area contributed by atoms with E-state index in [1.165, 1.54) is 17.8 Å². The van der Waals surface area contributed by atoms with Gasteiger partial charge in [-0.2, -0.15) is 0 Å². The van der Waals surface area contributed by atoms with Gasteiger partial charge in [0, 0.05) is 18.3 Å². The molecule has 1 heterocycles. The van der Waals surface area contributed by atoms with Gasteiger partial charge in [-0.25, -0.2) is 13.8 Å². The number of anilines is 1. The number of imidazole rings is 1. The van der Waals surface area contributed by atoms with Gasteiger partial charge in [-0.1, -0.05) is 25.6 Å². The van der Waals surface area contributed by atoms with E-state index < -0.39 is 11.6 Å². The molecule has 0 saturated carbocycles. The molecule has 2 rings (SSSR count). The van der Waals surface area contributed by atoms with Gasteiger partial charge in [0.15, 0.2) is 5.16 Å². The second kappa shape index (κ2) is 7.79. The summed E-state index contributed by atoms with van der Waals surface area (Å²) in [5.74, 6) is -1.27. The molecular formula is C17H21F2N3OS. The van der Waals surface area contributed by atoms with Crippen LogP contribution in [-0.4, -0.2) is 21.2 Å². The number of nitrogens with one attached hydrogen (secondary N) is 1. The minimum absolute atomic E-state index is 0.0279. The molecule has 0 saturated heterocycles. The minimum Gasteiger partial charge on any atom is -0.323 e. The molecule has 0 aliphatic rings. The van der Waals surface area contributed by atoms with E-state index in [1.807, 2.05) is 13.8 Å². The number of carbonyl (C=O) groups excluding carboxylic acids is 1. The zero-order valence-corrected chi connectivity index (χ0v) is 15.0. The summed E-state index contributed by atoms with van der Waals surface area (Å²) in [6.45, 7) is 9.00. The molecule has 4 nitrogen and oxygen atoms in total. The molecule has 24 heavy (non-hydrogen) atoms. The fourth-order valence-electron chi connectivity index (χ4n) is 2.22. The van der Waals surface area contributed by atoms with Crippen molar-refractivity contribution in [3.8, 4) is 0 Å². The molecule has 0 unspecified atom stereocenters. The van der Waals surface area contributed by atoms with Gasteiger partial charge in [-0.15, -0.1) is 0 Å². The number of carbonyl (C=O) groups is 1. The third-order valence-corrected chi connectivity index (χ3v) is 4.48. The van der Waals surface area contributed by atoms with E-state index in [2.05, 4.69) is 28.7 Å². The Labute approximate surface area is 144 Å². The first-order valence-electron chi connectivity index (χ1n) is 7.69. The van der Waals surface area contributed by atoms with Gasteiger partial charge in [0.1, 0.15) is 11.6 Å². The molecule has 0 atom stereocenters. The number of halogens is 2. The summed E-state index contributed by atoms with van der Waals surface area (Å²) in [5.41, 5.74) is 1.99. The summed E-state index contributed by atoms with van der Waals surface area (Å²) in [5, 5.41) is 3.22. The van der Waals surface area contributed by atoms with Crippen molar-refractivity contribution in [2.45, 2.75) is 39.4 Å². The number of hydrogen-bond donors (Lipinski definition) is 1. The van der Waals surface area contributed by atoms with Crippen LogP contribution in [0.3, 0.4) is 0 Å². The Morgan fingerprint density at radius 2 is 2.04 bits per heavy atom. The van der Waals surface area contributed by atoms with Crippen LogP contribution < -0.4 is 5.32 Å². The maximum absolute atomic E-state index is 13.6. The number of amides is 1. The maximum atomic E-state index is 13.6. The van der Waals surface area contributed by atoms with Crippen molar-refractivity contribution in [2.24, 2.45) is 5.92 Å². The smallest absolute Gasteiger partial charge is 0.234 e. The Balaban J connectivity index is 2.02. The SMILES string of the molecule is Cc1nc(SCC(=O)Nc2ccc(F)cc2F)n(CC(C)C)c1C. The largest absolute Gasteiger partial charge is 0.323 e. The van der Waals surface area contributed by atoms with E-state index in [0.717, 1.165) is 35.2 Å². The van der Waals surface area contributed by atoms with Gasteiger partial charge < -0.3 is 9.88 Å². The Bertz CT molecular complexity index is 744. The van der Waals surface area contributed by atoms with Gasteiger partial charge in [0.2, 0.25) is 5.91 Å². The molecule has 1 amide bonds. The van der Waals surface area contributed by atoms with Crippen molar-refractivity contribution >= 4 is 23.4 Å². The number of aryl methyl sites for hydroxylation is 1. The fourth-order valence-corrected chi connectivity index (χ4v) is 3.12. The van der Waals surface area contributed by atoms with Crippen LogP contribution in [0.5, 0.6) is 0 Å². The van der Waals surface area contributed by atoms with Gasteiger partial charge in [0.25, 0.3) is 0 Å². The van der Waals surface area contributed by atoms with E-state index in [9.17, 15) is 13.6 Å². The number of benzene rings is 1. The molecule has 2 aromatic rings. The lowest BCUT2D eigenvalue weighted by molar-refractivity contribution is -0.113. The van der Waals surface area contributed by atoms with E-state index >= 15 is 0 Å². The van der Waals surface area contributed by atoms with Crippen molar-refractivity contribution in [3.05, 3.63) is 41.2 Å². The molecule has 1 aromatic heterocycles. The normalized spacial score (nSPS) is 11.1. The molecule has 0 fully saturated rings. The van der Waals surface area contributed by atoms with Crippen LogP contribution in [0, 0.1) is 31.4 Å². The molecule has 0 spiro atoms. The molecular weight excluding hydrogens is 332 g/mol. The molecule has 130 valence electrons. The van der Waals surface area contributed by atoms with Crippen molar-refractivity contribution in [1.29, 1.82) is 0 Å². The number of rotatable bonds is 6. The highest BCUT2D eigenvalue weighted by Gasteiger charge is 2.15. The first kappa shape index (κ1) is 18.4. The summed E-state index contributed by atoms with van der Waals surface area (Å²) in [7, 11) is 0. The average molecular weight is 353 g/mol. The Morgan fingerprint density at radius 1 is 1.33 bits per heavy atom. The van der Waals surface area contributed by atoms with Crippen LogP contribution in [-0.2, 0) is 11.3 Å². The summed E-state index contributed by atoms with van der Waals surface area (Å²) < 4.78 is 28.5. The summed E-state index contributed by atoms with van der Waals surface area (Å²) in [4.78, 5) is 16.5. The van der Waals surface area contributed by atoms with E-state index in [1.54, 1.807) is 0 Å². The number of aromatic nitrogens is 2. The predicted octanol–water partition coefficient (Wildman–Crippen LogP) is 4.16. The maximum Gasteiger partial charge on any atom is 0.234 e. The van der Waals surface area contributed by atoms with Crippen LogP contribution in [0.4, 0.5) is 14.5 Å². The van der Waals surface area contributed by atoms with Crippen molar-refractivity contribution in [2.75, 3.05) is 11.1 Å². The minimum atomic E-state index is -0.790. The Kier molecular flexibility index (Phi) is 5.99. The number of hydrogen-bond acceptors (Lipinski definition) is 3. The van der Waals surface area contributed by atoms with Crippen LogP contribution >= 0.6 is 11.8 Å². The van der Waals surface area contributed by atoms with Gasteiger partial charge in [-0.3, -0.25) is 4.79 Å². The van der Waals surface area contributed by atoms with Crippen LogP contribution in [0.25, 0.3) is 0 Å². The van der Waals surface area contributed by atoms with Crippen LogP contribution in [0.1, 0.15) is 25.2 Å². The standard InChI is InChI=1S/C17H21F2N3OS/c1-10(2)8-22-12(4)11(3)20-17(22)24-9-16(23)21-15-6-5-13(18)7-14(15)19/h5-7,10H,8-9H2,1-4H3,(H,21,23). The highest BCUT2D eigenvalue weighted by Crippen LogP contribution is 2.23. The fraction of sp³-hybridized carbons (Fsp3) is 0.412. The molecule has 1 N–H and O–H groups in total. The second-order valence-electron chi connectivity index (χ2n) is 6.03. The van der Waals surface area contributed by atoms with E-state index in [0.29, 0.717) is 5.92 Å². The van der Waals surface area contributed by atoms with Crippen molar-refractivity contribution in [1.82, 2.24) is 9.55 Å². The summed E-state index contributed by atoms with van der Waals surface area (Å²) in [6.07, 6.45) is 0. The average Bonchev–Trinajstić information content (AvgIpc) is 2.75. The molecule has 0 aliphatic carbocycles. The van der Waals surface area contributed by atoms with Gasteiger partial charge in [0.05, 0.1) is 17.1 Å². The molecule has 7 heteroatoms. The van der Waals surface area contributed by atoms with Crippen LogP contribution in [0.15, 0.2) is 23.4 Å². The van der Waals surface area contributed by atoms with E-state index in [4.69, 9.17) is 0 Å². The summed E-state index contributed by atoms with van der Waals surface area (Å²) >= 11 is 1.30. The topological polar surface area (TPSA) is 46.9 Å². The van der Waals surface area contributed by atoms with Crippen LogP contribution in [0.2, 0.25) is 0 Å². The highest BCUT2D eigenvalue weighted by molar-refractivity contribution is 7.99. The highest BCUT2D eigenvalue weighted by atomic mass is 32.2. The molecule has 0 aliphatic heterocycles. The third kappa shape index (κ3) is 4.56. The monoisotopic (exact) mass is 353 g/mol.